The molecule has 2 rings (SSSR count). The van der Waals surface area contributed by atoms with Crippen LogP contribution in [0.2, 0.25) is 0 Å². The summed E-state index contributed by atoms with van der Waals surface area (Å²) in [5, 5.41) is 23.9. The number of rotatable bonds is 7. The third-order valence-corrected chi connectivity index (χ3v) is 3.68. The van der Waals surface area contributed by atoms with Crippen molar-refractivity contribution in [1.82, 2.24) is 4.98 Å². The SMILES string of the molecule is COc1ccc2c(NC(C)(C)CCC(=O)O)c([N+](=O)[O-])cnc2c1. The van der Waals surface area contributed by atoms with E-state index in [9.17, 15) is 14.9 Å². The number of carboxylic acids is 1. The molecular formula is C16H19N3O5. The molecular weight excluding hydrogens is 314 g/mol. The summed E-state index contributed by atoms with van der Waals surface area (Å²) in [5.41, 5.74) is 0.0766. The van der Waals surface area contributed by atoms with Crippen molar-refractivity contribution in [2.75, 3.05) is 12.4 Å². The van der Waals surface area contributed by atoms with Crippen molar-refractivity contribution in [1.29, 1.82) is 0 Å². The van der Waals surface area contributed by atoms with Gasteiger partial charge < -0.3 is 15.2 Å². The standard InChI is InChI=1S/C16H19N3O5/c1-16(2,7-6-14(20)21)18-15-11-5-4-10(24-3)8-12(11)17-9-13(15)19(22)23/h4-5,8-9H,6-7H2,1-3H3,(H,17,18)(H,20,21). The first-order chi connectivity index (χ1) is 11.2. The van der Waals surface area contributed by atoms with E-state index in [2.05, 4.69) is 10.3 Å². The van der Waals surface area contributed by atoms with Gasteiger partial charge >= 0.3 is 11.7 Å². The van der Waals surface area contributed by atoms with E-state index in [0.29, 0.717) is 28.8 Å². The molecule has 0 saturated carbocycles. The van der Waals surface area contributed by atoms with Crippen molar-refractivity contribution in [2.24, 2.45) is 0 Å². The molecule has 1 heterocycles. The van der Waals surface area contributed by atoms with Gasteiger partial charge in [0.05, 0.1) is 17.5 Å². The summed E-state index contributed by atoms with van der Waals surface area (Å²) >= 11 is 0. The molecule has 0 spiro atoms. The van der Waals surface area contributed by atoms with E-state index in [-0.39, 0.29) is 12.1 Å². The molecule has 0 amide bonds. The van der Waals surface area contributed by atoms with Gasteiger partial charge in [0.2, 0.25) is 0 Å². The van der Waals surface area contributed by atoms with Gasteiger partial charge in [-0.05, 0) is 32.4 Å². The van der Waals surface area contributed by atoms with Crippen molar-refractivity contribution < 1.29 is 19.6 Å². The van der Waals surface area contributed by atoms with Crippen LogP contribution in [0.4, 0.5) is 11.4 Å². The molecule has 0 unspecified atom stereocenters. The van der Waals surface area contributed by atoms with Gasteiger partial charge in [-0.3, -0.25) is 14.9 Å². The maximum absolute atomic E-state index is 11.3. The van der Waals surface area contributed by atoms with Crippen LogP contribution in [-0.2, 0) is 4.79 Å². The number of ether oxygens (including phenoxy) is 1. The first-order valence-electron chi connectivity index (χ1n) is 7.34. The lowest BCUT2D eigenvalue weighted by Gasteiger charge is -2.27. The fourth-order valence-corrected chi connectivity index (χ4v) is 2.38. The molecule has 24 heavy (non-hydrogen) atoms. The predicted octanol–water partition coefficient (Wildman–Crippen LogP) is 3.21. The van der Waals surface area contributed by atoms with Crippen molar-refractivity contribution in [3.05, 3.63) is 34.5 Å². The lowest BCUT2D eigenvalue weighted by molar-refractivity contribution is -0.384. The maximum atomic E-state index is 11.3. The largest absolute Gasteiger partial charge is 0.497 e. The highest BCUT2D eigenvalue weighted by Gasteiger charge is 2.26. The Kier molecular flexibility index (Phi) is 4.87. The number of nitrogens with zero attached hydrogens (tertiary/aromatic N) is 2. The number of hydrogen-bond donors (Lipinski definition) is 2. The zero-order valence-corrected chi connectivity index (χ0v) is 13.7. The average molecular weight is 333 g/mol. The van der Waals surface area contributed by atoms with Gasteiger partial charge in [0, 0.05) is 23.4 Å². The van der Waals surface area contributed by atoms with Crippen LogP contribution in [0.1, 0.15) is 26.7 Å². The van der Waals surface area contributed by atoms with Crippen LogP contribution in [0, 0.1) is 10.1 Å². The summed E-state index contributed by atoms with van der Waals surface area (Å²) in [4.78, 5) is 25.8. The van der Waals surface area contributed by atoms with E-state index in [1.165, 1.54) is 13.3 Å². The number of pyridine rings is 1. The van der Waals surface area contributed by atoms with Crippen LogP contribution >= 0.6 is 0 Å². The molecule has 2 aromatic rings. The fraction of sp³-hybridized carbons (Fsp3) is 0.375. The van der Waals surface area contributed by atoms with Gasteiger partial charge in [0.1, 0.15) is 17.6 Å². The molecule has 0 aliphatic heterocycles. The second kappa shape index (κ2) is 6.69. The Morgan fingerprint density at radius 3 is 2.75 bits per heavy atom. The number of hydrogen-bond acceptors (Lipinski definition) is 6. The van der Waals surface area contributed by atoms with Crippen LogP contribution in [0.5, 0.6) is 5.75 Å². The summed E-state index contributed by atoms with van der Waals surface area (Å²) < 4.78 is 5.15. The van der Waals surface area contributed by atoms with Crippen molar-refractivity contribution in [3.8, 4) is 5.75 Å². The van der Waals surface area contributed by atoms with Crippen LogP contribution in [0.25, 0.3) is 10.9 Å². The molecule has 0 saturated heterocycles. The number of fused-ring (bicyclic) bond motifs is 1. The summed E-state index contributed by atoms with van der Waals surface area (Å²) in [6.07, 6.45) is 1.47. The number of carbonyl (C=O) groups is 1. The zero-order chi connectivity index (χ0) is 17.9. The van der Waals surface area contributed by atoms with E-state index in [1.807, 2.05) is 0 Å². The van der Waals surface area contributed by atoms with Gasteiger partial charge in [0.15, 0.2) is 0 Å². The minimum absolute atomic E-state index is 0.0371. The average Bonchev–Trinajstić information content (AvgIpc) is 2.52. The highest BCUT2D eigenvalue weighted by atomic mass is 16.6. The number of benzene rings is 1. The van der Waals surface area contributed by atoms with Crippen LogP contribution in [0.15, 0.2) is 24.4 Å². The van der Waals surface area contributed by atoms with Gasteiger partial charge in [0.25, 0.3) is 0 Å². The number of nitrogens with one attached hydrogen (secondary N) is 1. The molecule has 8 heteroatoms. The van der Waals surface area contributed by atoms with Crippen molar-refractivity contribution in [2.45, 2.75) is 32.2 Å². The second-order valence-corrected chi connectivity index (χ2v) is 6.06. The lowest BCUT2D eigenvalue weighted by atomic mass is 9.97. The Hall–Kier alpha value is -2.90. The molecule has 128 valence electrons. The van der Waals surface area contributed by atoms with Crippen LogP contribution < -0.4 is 10.1 Å². The molecule has 0 radical (unpaired) electrons. The second-order valence-electron chi connectivity index (χ2n) is 6.06. The molecule has 1 aromatic carbocycles. The van der Waals surface area contributed by atoms with Gasteiger partial charge in [-0.1, -0.05) is 0 Å². The molecule has 1 aromatic heterocycles. The first kappa shape index (κ1) is 17.5. The van der Waals surface area contributed by atoms with E-state index in [1.54, 1.807) is 32.0 Å². The summed E-state index contributed by atoms with van der Waals surface area (Å²) in [6.45, 7) is 3.60. The third-order valence-electron chi connectivity index (χ3n) is 3.68. The molecule has 8 nitrogen and oxygen atoms in total. The monoisotopic (exact) mass is 333 g/mol. The van der Waals surface area contributed by atoms with E-state index in [0.717, 1.165) is 0 Å². The number of carboxylic acid groups (broad SMARTS) is 1. The minimum Gasteiger partial charge on any atom is -0.497 e. The Balaban J connectivity index is 2.50. The molecule has 0 bridgehead atoms. The van der Waals surface area contributed by atoms with Crippen molar-refractivity contribution in [3.63, 3.8) is 0 Å². The Morgan fingerprint density at radius 1 is 1.46 bits per heavy atom. The number of nitro groups is 1. The maximum Gasteiger partial charge on any atom is 0.311 e. The summed E-state index contributed by atoms with van der Waals surface area (Å²) in [5.74, 6) is -0.316. The normalized spacial score (nSPS) is 11.3. The van der Waals surface area contributed by atoms with Gasteiger partial charge in [-0.2, -0.15) is 0 Å². The van der Waals surface area contributed by atoms with Gasteiger partial charge in [-0.15, -0.1) is 0 Å². The zero-order valence-electron chi connectivity index (χ0n) is 13.7. The van der Waals surface area contributed by atoms with E-state index in [4.69, 9.17) is 9.84 Å². The molecule has 0 aliphatic carbocycles. The minimum atomic E-state index is -0.913. The number of anilines is 1. The molecule has 2 N–H and O–H groups in total. The quantitative estimate of drug-likeness (QED) is 0.590. The Labute approximate surface area is 138 Å². The Morgan fingerprint density at radius 2 is 2.17 bits per heavy atom. The number of aromatic nitrogens is 1. The van der Waals surface area contributed by atoms with E-state index >= 15 is 0 Å². The first-order valence-corrected chi connectivity index (χ1v) is 7.34. The lowest BCUT2D eigenvalue weighted by Crippen LogP contribution is -2.32. The predicted molar refractivity (Wildman–Crippen MR) is 89.5 cm³/mol. The topological polar surface area (TPSA) is 115 Å². The van der Waals surface area contributed by atoms with Crippen LogP contribution in [-0.4, -0.2) is 33.6 Å². The third kappa shape index (κ3) is 3.89. The van der Waals surface area contributed by atoms with E-state index < -0.39 is 16.4 Å². The summed E-state index contributed by atoms with van der Waals surface area (Å²) in [7, 11) is 1.53. The number of methoxy groups -OCH3 is 1. The highest BCUT2D eigenvalue weighted by molar-refractivity contribution is 5.96. The smallest absolute Gasteiger partial charge is 0.311 e. The molecule has 0 aliphatic rings. The molecule has 0 fully saturated rings. The number of aliphatic carboxylic acids is 1. The van der Waals surface area contributed by atoms with Crippen molar-refractivity contribution >= 4 is 28.2 Å². The fourth-order valence-electron chi connectivity index (χ4n) is 2.38. The molecule has 0 atom stereocenters. The highest BCUT2D eigenvalue weighted by Crippen LogP contribution is 2.35. The van der Waals surface area contributed by atoms with Crippen LogP contribution in [0.3, 0.4) is 0 Å². The van der Waals surface area contributed by atoms with Gasteiger partial charge in [-0.25, -0.2) is 4.98 Å². The Bertz CT molecular complexity index is 789. The summed E-state index contributed by atoms with van der Waals surface area (Å²) in [6, 6.07) is 5.08.